The van der Waals surface area contributed by atoms with Crippen LogP contribution in [0.4, 0.5) is 0 Å². The topological polar surface area (TPSA) is 30.9 Å². The molecule has 0 aromatic carbocycles. The summed E-state index contributed by atoms with van der Waals surface area (Å²) in [5.74, 6) is 1.94. The third kappa shape index (κ3) is 1.09. The van der Waals surface area contributed by atoms with E-state index in [9.17, 15) is 0 Å². The molecule has 0 N–H and O–H groups in total. The van der Waals surface area contributed by atoms with Crippen LogP contribution in [0.5, 0.6) is 0 Å². The van der Waals surface area contributed by atoms with Crippen molar-refractivity contribution in [2.24, 2.45) is 0 Å². The molecule has 0 fully saturated rings. The number of allylic oxidation sites excluding steroid dienone is 2. The van der Waals surface area contributed by atoms with Crippen LogP contribution in [0.1, 0.15) is 13.8 Å². The van der Waals surface area contributed by atoms with Crippen molar-refractivity contribution in [2.45, 2.75) is 13.8 Å². The van der Waals surface area contributed by atoms with Crippen LogP contribution in [0, 0.1) is 0 Å². The molecule has 0 aromatic rings. The minimum atomic E-state index is 0.609. The summed E-state index contributed by atoms with van der Waals surface area (Å²) in [4.78, 5) is 14.9. The van der Waals surface area contributed by atoms with Crippen LogP contribution in [-0.2, 0) is 14.5 Å². The van der Waals surface area contributed by atoms with Crippen molar-refractivity contribution in [3.05, 3.63) is 29.1 Å². The van der Waals surface area contributed by atoms with Crippen molar-refractivity contribution < 1.29 is 14.5 Å². The molecule has 0 amide bonds. The Bertz CT molecular complexity index is 286. The van der Waals surface area contributed by atoms with E-state index in [2.05, 4.69) is 5.73 Å². The van der Waals surface area contributed by atoms with Gasteiger partial charge in [-0.25, -0.2) is 0 Å². The summed E-state index contributed by atoms with van der Waals surface area (Å²) >= 11 is 0. The molecule has 0 saturated carbocycles. The maximum Gasteiger partial charge on any atom is 0.235 e. The first-order valence-electron chi connectivity index (χ1n) is 3.24. The highest BCUT2D eigenvalue weighted by Gasteiger charge is 2.22. The van der Waals surface area contributed by atoms with Crippen molar-refractivity contribution in [1.82, 2.24) is 5.39 Å². The maximum atomic E-state index is 5.00. The summed E-state index contributed by atoms with van der Waals surface area (Å²) in [6.07, 6.45) is 1.74. The zero-order valence-corrected chi connectivity index (χ0v) is 6.25. The smallest absolute Gasteiger partial charge is 0.235 e. The van der Waals surface area contributed by atoms with E-state index in [1.165, 1.54) is 0 Å². The largest absolute Gasteiger partial charge is 0.344 e. The monoisotopic (exact) mass is 153 g/mol. The molecule has 2 heterocycles. The van der Waals surface area contributed by atoms with E-state index in [0.29, 0.717) is 17.3 Å². The van der Waals surface area contributed by atoms with Crippen LogP contribution in [0.3, 0.4) is 0 Å². The van der Waals surface area contributed by atoms with Gasteiger partial charge in [-0.05, 0) is 12.7 Å². The molecule has 4 heteroatoms. The normalized spacial score (nSPS) is 26.7. The third-order valence-corrected chi connectivity index (χ3v) is 1.24. The van der Waals surface area contributed by atoms with E-state index < -0.39 is 0 Å². The van der Waals surface area contributed by atoms with Gasteiger partial charge in [-0.3, -0.25) is 0 Å². The lowest BCUT2D eigenvalue weighted by atomic mass is 10.4. The molecule has 1 unspecified atom stereocenters. The molecule has 4 nitrogen and oxygen atoms in total. The van der Waals surface area contributed by atoms with Gasteiger partial charge >= 0.3 is 0 Å². The Morgan fingerprint density at radius 3 is 2.82 bits per heavy atom. The highest BCUT2D eigenvalue weighted by atomic mass is 17.2. The molecular formula is C7H7NO3. The van der Waals surface area contributed by atoms with Crippen molar-refractivity contribution in [3.63, 3.8) is 0 Å². The van der Waals surface area contributed by atoms with Crippen molar-refractivity contribution >= 4 is 0 Å². The van der Waals surface area contributed by atoms with Crippen molar-refractivity contribution in [3.8, 4) is 0 Å². The van der Waals surface area contributed by atoms with Gasteiger partial charge in [0.15, 0.2) is 5.76 Å². The Balaban J connectivity index is 2.45. The van der Waals surface area contributed by atoms with Crippen molar-refractivity contribution in [2.75, 3.05) is 0 Å². The molecule has 0 aliphatic carbocycles. The molecule has 0 aromatic heterocycles. The highest BCUT2D eigenvalue weighted by Crippen LogP contribution is 2.22. The van der Waals surface area contributed by atoms with E-state index in [1.807, 2.05) is 0 Å². The number of nitrogens with zero attached hydrogens (tertiary/aromatic N) is 1. The van der Waals surface area contributed by atoms with Gasteiger partial charge in [-0.15, -0.1) is 0 Å². The molecule has 2 aliphatic rings. The minimum Gasteiger partial charge on any atom is -0.344 e. The quantitative estimate of drug-likeness (QED) is 0.492. The lowest BCUT2D eigenvalue weighted by Gasteiger charge is -2.25. The summed E-state index contributed by atoms with van der Waals surface area (Å²) in [5, 5.41) is 0.955. The second-order valence-corrected chi connectivity index (χ2v) is 2.30. The number of fused-ring (bicyclic) bond motifs is 2. The van der Waals surface area contributed by atoms with E-state index in [-0.39, 0.29) is 0 Å². The van der Waals surface area contributed by atoms with Crippen LogP contribution < -0.4 is 0 Å². The fourth-order valence-electron chi connectivity index (χ4n) is 0.858. The molecule has 0 saturated heterocycles. The molecule has 0 spiro atoms. The van der Waals surface area contributed by atoms with E-state index >= 15 is 0 Å². The van der Waals surface area contributed by atoms with Gasteiger partial charge in [0.2, 0.25) is 11.1 Å². The molecular weight excluding hydrogens is 146 g/mol. The summed E-state index contributed by atoms with van der Waals surface area (Å²) in [6, 6.07) is 0. The Morgan fingerprint density at radius 2 is 2.09 bits per heavy atom. The van der Waals surface area contributed by atoms with Gasteiger partial charge in [-0.2, -0.15) is 0 Å². The zero-order valence-electron chi connectivity index (χ0n) is 6.25. The fraction of sp³-hybridized carbons (Fsp3) is 0.286. The van der Waals surface area contributed by atoms with Gasteiger partial charge in [0.25, 0.3) is 0 Å². The Kier molecular flexibility index (Phi) is 1.18. The molecule has 1 atom stereocenters. The Labute approximate surface area is 63.8 Å². The molecule has 58 valence electrons. The number of hydrogen-bond donors (Lipinski definition) is 0. The summed E-state index contributed by atoms with van der Waals surface area (Å²) in [7, 11) is 0. The van der Waals surface area contributed by atoms with Crippen molar-refractivity contribution in [1.29, 1.82) is 0 Å². The van der Waals surface area contributed by atoms with Gasteiger partial charge in [0.05, 0.1) is 0 Å². The van der Waals surface area contributed by atoms with Gasteiger partial charge in [-0.1, -0.05) is 0 Å². The standard InChI is InChI=1S/C7H7NO3/c1-5-3-7-4-6(2)10-8(9-5)11-7/h3H,1-2H3. The van der Waals surface area contributed by atoms with Gasteiger partial charge in [0, 0.05) is 13.0 Å². The summed E-state index contributed by atoms with van der Waals surface area (Å²) in [6.45, 7) is 3.58. The predicted molar refractivity (Wildman–Crippen MR) is 35.1 cm³/mol. The maximum absolute atomic E-state index is 5.00. The van der Waals surface area contributed by atoms with Crippen LogP contribution in [0.2, 0.25) is 0 Å². The van der Waals surface area contributed by atoms with E-state index in [4.69, 9.17) is 14.5 Å². The van der Waals surface area contributed by atoms with Crippen LogP contribution in [-0.4, -0.2) is 5.39 Å². The van der Waals surface area contributed by atoms with Crippen LogP contribution >= 0.6 is 0 Å². The average Bonchev–Trinajstić information content (AvgIpc) is 1.82. The Morgan fingerprint density at radius 1 is 1.27 bits per heavy atom. The Hall–Kier alpha value is -1.38. The lowest BCUT2D eigenvalue weighted by Crippen LogP contribution is -2.28. The second kappa shape index (κ2) is 2.05. The van der Waals surface area contributed by atoms with Gasteiger partial charge in [0.1, 0.15) is 5.76 Å². The third-order valence-electron chi connectivity index (χ3n) is 1.24. The highest BCUT2D eigenvalue weighted by molar-refractivity contribution is 5.16. The van der Waals surface area contributed by atoms with Crippen LogP contribution in [0.15, 0.2) is 29.1 Å². The predicted octanol–water partition coefficient (Wildman–Crippen LogP) is 1.40. The zero-order chi connectivity index (χ0) is 7.84. The minimum absolute atomic E-state index is 0.609. The molecule has 11 heavy (non-hydrogen) atoms. The SMILES string of the molecule is CC1=C=C2C=C(C)ON(O1)O2. The molecule has 2 aliphatic heterocycles. The van der Waals surface area contributed by atoms with Gasteiger partial charge < -0.3 is 14.5 Å². The fourth-order valence-corrected chi connectivity index (χ4v) is 0.858. The summed E-state index contributed by atoms with van der Waals surface area (Å²) < 4.78 is 0. The first kappa shape index (κ1) is 6.34. The first-order chi connectivity index (χ1) is 5.24. The average molecular weight is 153 g/mol. The molecule has 0 radical (unpaired) electrons. The lowest BCUT2D eigenvalue weighted by molar-refractivity contribution is -0.495. The number of hydrogen-bond acceptors (Lipinski definition) is 4. The second-order valence-electron chi connectivity index (χ2n) is 2.30. The molecule has 2 rings (SSSR count). The molecule has 2 bridgehead atoms. The first-order valence-corrected chi connectivity index (χ1v) is 3.24. The van der Waals surface area contributed by atoms with E-state index in [1.54, 1.807) is 19.9 Å². The van der Waals surface area contributed by atoms with Crippen LogP contribution in [0.25, 0.3) is 0 Å². The summed E-state index contributed by atoms with van der Waals surface area (Å²) in [5.41, 5.74) is 2.87. The number of rotatable bonds is 0. The van der Waals surface area contributed by atoms with E-state index in [0.717, 1.165) is 5.39 Å².